The summed E-state index contributed by atoms with van der Waals surface area (Å²) in [6.45, 7) is 1.97. The summed E-state index contributed by atoms with van der Waals surface area (Å²) in [7, 11) is -3.71. The van der Waals surface area contributed by atoms with Gasteiger partial charge < -0.3 is 0 Å². The number of nitro groups is 1. The lowest BCUT2D eigenvalue weighted by molar-refractivity contribution is -0.385. The first-order chi connectivity index (χ1) is 10.4. The number of aryl methyl sites for hydroxylation is 1. The molecule has 0 radical (unpaired) electrons. The Hall–Kier alpha value is -1.12. The molecule has 0 saturated heterocycles. The number of sulfonamides is 1. The Kier molecular flexibility index (Phi) is 5.82. The Morgan fingerprint density at radius 1 is 1.36 bits per heavy atom. The van der Waals surface area contributed by atoms with Crippen LogP contribution in [0.25, 0.3) is 0 Å². The fourth-order valence-electron chi connectivity index (χ4n) is 2.53. The molecule has 6 nitrogen and oxygen atoms in total. The summed E-state index contributed by atoms with van der Waals surface area (Å²) < 4.78 is 27.1. The Labute approximate surface area is 134 Å². The van der Waals surface area contributed by atoms with Gasteiger partial charge >= 0.3 is 0 Å². The smallest absolute Gasteiger partial charge is 0.258 e. The Morgan fingerprint density at radius 3 is 2.68 bits per heavy atom. The van der Waals surface area contributed by atoms with Gasteiger partial charge in [-0.1, -0.05) is 18.9 Å². The number of nitro benzene ring substituents is 1. The predicted molar refractivity (Wildman–Crippen MR) is 87.7 cm³/mol. The molecule has 1 aliphatic carbocycles. The fraction of sp³-hybridized carbons (Fsp3) is 0.571. The zero-order chi connectivity index (χ0) is 16.2. The number of nitrogens with zero attached hydrogens (tertiary/aromatic N) is 1. The second kappa shape index (κ2) is 7.43. The number of rotatable bonds is 7. The van der Waals surface area contributed by atoms with E-state index in [1.807, 2.05) is 0 Å². The van der Waals surface area contributed by atoms with Gasteiger partial charge in [0, 0.05) is 29.7 Å². The van der Waals surface area contributed by atoms with Gasteiger partial charge in [-0.2, -0.15) is 11.8 Å². The van der Waals surface area contributed by atoms with Crippen molar-refractivity contribution in [3.8, 4) is 0 Å². The lowest BCUT2D eigenvalue weighted by Gasteiger charge is -2.11. The average Bonchev–Trinajstić information content (AvgIpc) is 2.97. The molecule has 1 saturated carbocycles. The summed E-state index contributed by atoms with van der Waals surface area (Å²) in [5.41, 5.74) is 0.285. The van der Waals surface area contributed by atoms with E-state index in [0.29, 0.717) is 17.4 Å². The molecule has 0 aliphatic heterocycles. The van der Waals surface area contributed by atoms with Gasteiger partial charge in [0.1, 0.15) is 0 Å². The molecule has 0 unspecified atom stereocenters. The predicted octanol–water partition coefficient (Wildman–Crippen LogP) is 2.86. The van der Waals surface area contributed by atoms with Crippen molar-refractivity contribution in [2.45, 2.75) is 42.8 Å². The van der Waals surface area contributed by atoms with Crippen molar-refractivity contribution in [2.24, 2.45) is 0 Å². The van der Waals surface area contributed by atoms with Gasteiger partial charge in [0.15, 0.2) is 0 Å². The van der Waals surface area contributed by atoms with Gasteiger partial charge in [0.2, 0.25) is 10.0 Å². The van der Waals surface area contributed by atoms with Crippen LogP contribution in [-0.4, -0.2) is 30.9 Å². The van der Waals surface area contributed by atoms with Gasteiger partial charge in [-0.25, -0.2) is 13.1 Å². The van der Waals surface area contributed by atoms with Gasteiger partial charge in [-0.15, -0.1) is 0 Å². The molecule has 1 aromatic rings. The zero-order valence-electron chi connectivity index (χ0n) is 12.4. The highest BCUT2D eigenvalue weighted by Gasteiger charge is 2.20. The van der Waals surface area contributed by atoms with Crippen molar-refractivity contribution in [2.75, 3.05) is 12.3 Å². The van der Waals surface area contributed by atoms with Crippen LogP contribution in [-0.2, 0) is 10.0 Å². The molecule has 22 heavy (non-hydrogen) atoms. The van der Waals surface area contributed by atoms with Crippen molar-refractivity contribution in [3.05, 3.63) is 33.9 Å². The normalized spacial score (nSPS) is 16.0. The molecular weight excluding hydrogens is 324 g/mol. The minimum atomic E-state index is -3.71. The number of hydrogen-bond acceptors (Lipinski definition) is 5. The molecular formula is C14H20N2O4S2. The summed E-state index contributed by atoms with van der Waals surface area (Å²) in [6, 6.07) is 3.88. The SMILES string of the molecule is Cc1ccc([N+](=O)[O-])cc1S(=O)(=O)NCCSC1CCCC1. The zero-order valence-corrected chi connectivity index (χ0v) is 14.1. The third-order valence-corrected chi connectivity index (χ3v) is 6.71. The molecule has 2 rings (SSSR count). The van der Waals surface area contributed by atoms with Crippen LogP contribution >= 0.6 is 11.8 Å². The molecule has 0 spiro atoms. The van der Waals surface area contributed by atoms with Crippen molar-refractivity contribution < 1.29 is 13.3 Å². The van der Waals surface area contributed by atoms with E-state index in [9.17, 15) is 18.5 Å². The molecule has 1 fully saturated rings. The molecule has 0 heterocycles. The number of thioether (sulfide) groups is 1. The van der Waals surface area contributed by atoms with E-state index >= 15 is 0 Å². The molecule has 1 aromatic carbocycles. The van der Waals surface area contributed by atoms with Gasteiger partial charge in [-0.05, 0) is 25.3 Å². The van der Waals surface area contributed by atoms with Crippen molar-refractivity contribution in [1.29, 1.82) is 0 Å². The van der Waals surface area contributed by atoms with Crippen LogP contribution in [0.5, 0.6) is 0 Å². The first-order valence-corrected chi connectivity index (χ1v) is 9.79. The highest BCUT2D eigenvalue weighted by molar-refractivity contribution is 8.00. The number of non-ortho nitro benzene ring substituents is 1. The third kappa shape index (κ3) is 4.44. The lowest BCUT2D eigenvalue weighted by atomic mass is 10.2. The Morgan fingerprint density at radius 2 is 2.05 bits per heavy atom. The van der Waals surface area contributed by atoms with Crippen LogP contribution < -0.4 is 4.72 Å². The van der Waals surface area contributed by atoms with E-state index in [-0.39, 0.29) is 10.6 Å². The second-order valence-corrected chi connectivity index (χ2v) is 8.53. The summed E-state index contributed by atoms with van der Waals surface area (Å²) in [4.78, 5) is 10.2. The number of benzene rings is 1. The summed E-state index contributed by atoms with van der Waals surface area (Å²) in [5, 5.41) is 11.4. The summed E-state index contributed by atoms with van der Waals surface area (Å²) in [6.07, 6.45) is 4.94. The maximum atomic E-state index is 12.3. The number of nitrogens with one attached hydrogen (secondary N) is 1. The molecule has 0 amide bonds. The fourth-order valence-corrected chi connectivity index (χ4v) is 5.17. The van der Waals surface area contributed by atoms with E-state index in [2.05, 4.69) is 4.72 Å². The maximum absolute atomic E-state index is 12.3. The largest absolute Gasteiger partial charge is 0.270 e. The Bertz CT molecular complexity index is 640. The van der Waals surface area contributed by atoms with E-state index in [0.717, 1.165) is 11.8 Å². The van der Waals surface area contributed by atoms with Gasteiger partial charge in [-0.3, -0.25) is 10.1 Å². The number of hydrogen-bond donors (Lipinski definition) is 1. The molecule has 8 heteroatoms. The highest BCUT2D eigenvalue weighted by atomic mass is 32.2. The van der Waals surface area contributed by atoms with Crippen molar-refractivity contribution in [3.63, 3.8) is 0 Å². The van der Waals surface area contributed by atoms with Crippen LogP contribution in [0.2, 0.25) is 0 Å². The van der Waals surface area contributed by atoms with E-state index < -0.39 is 14.9 Å². The van der Waals surface area contributed by atoms with Crippen LogP contribution in [0.3, 0.4) is 0 Å². The molecule has 122 valence electrons. The van der Waals surface area contributed by atoms with Crippen molar-refractivity contribution >= 4 is 27.5 Å². The van der Waals surface area contributed by atoms with E-state index in [1.165, 1.54) is 37.8 Å². The van der Waals surface area contributed by atoms with Crippen molar-refractivity contribution in [1.82, 2.24) is 4.72 Å². The molecule has 0 bridgehead atoms. The third-order valence-electron chi connectivity index (χ3n) is 3.72. The molecule has 1 aliphatic rings. The monoisotopic (exact) mass is 344 g/mol. The lowest BCUT2D eigenvalue weighted by Crippen LogP contribution is -2.27. The Balaban J connectivity index is 1.97. The highest BCUT2D eigenvalue weighted by Crippen LogP contribution is 2.29. The van der Waals surface area contributed by atoms with Gasteiger partial charge in [0.05, 0.1) is 9.82 Å². The molecule has 1 N–H and O–H groups in total. The maximum Gasteiger partial charge on any atom is 0.270 e. The van der Waals surface area contributed by atoms with E-state index in [4.69, 9.17) is 0 Å². The second-order valence-electron chi connectivity index (χ2n) is 5.38. The first-order valence-electron chi connectivity index (χ1n) is 7.26. The minimum Gasteiger partial charge on any atom is -0.258 e. The minimum absolute atomic E-state index is 0.0208. The first kappa shape index (κ1) is 17.2. The average molecular weight is 344 g/mol. The van der Waals surface area contributed by atoms with Crippen LogP contribution in [0, 0.1) is 17.0 Å². The van der Waals surface area contributed by atoms with Crippen LogP contribution in [0.1, 0.15) is 31.2 Å². The quantitative estimate of drug-likeness (QED) is 0.467. The van der Waals surface area contributed by atoms with Crippen LogP contribution in [0.4, 0.5) is 5.69 Å². The summed E-state index contributed by atoms with van der Waals surface area (Å²) in [5.74, 6) is 0.720. The summed E-state index contributed by atoms with van der Waals surface area (Å²) >= 11 is 1.80. The molecule has 0 aromatic heterocycles. The van der Waals surface area contributed by atoms with Gasteiger partial charge in [0.25, 0.3) is 5.69 Å². The van der Waals surface area contributed by atoms with Crippen LogP contribution in [0.15, 0.2) is 23.1 Å². The standard InChI is InChI=1S/C14H20N2O4S2/c1-11-6-7-12(16(17)18)10-14(11)22(19,20)15-8-9-21-13-4-2-3-5-13/h6-7,10,13,15H,2-5,8-9H2,1H3. The molecule has 0 atom stereocenters. The topological polar surface area (TPSA) is 89.3 Å². The van der Waals surface area contributed by atoms with E-state index in [1.54, 1.807) is 18.7 Å².